The quantitative estimate of drug-likeness (QED) is 0.738. The van der Waals surface area contributed by atoms with Crippen LogP contribution in [0.1, 0.15) is 37.8 Å². The van der Waals surface area contributed by atoms with E-state index in [-0.39, 0.29) is 0 Å². The van der Waals surface area contributed by atoms with Gasteiger partial charge in [0.05, 0.1) is 6.54 Å². The first-order valence-electron chi connectivity index (χ1n) is 6.56. The molecule has 0 N–H and O–H groups in total. The molecule has 2 rings (SSSR count). The lowest BCUT2D eigenvalue weighted by atomic mass is 9.96. The Morgan fingerprint density at radius 2 is 2.44 bits per heavy atom. The zero-order valence-corrected chi connectivity index (χ0v) is 11.0. The van der Waals surface area contributed by atoms with E-state index in [1.807, 2.05) is 25.4 Å². The van der Waals surface area contributed by atoms with E-state index < -0.39 is 0 Å². The monoisotopic (exact) mass is 240 g/mol. The Kier molecular flexibility index (Phi) is 4.55. The van der Waals surface area contributed by atoms with Crippen molar-refractivity contribution < 1.29 is 0 Å². The van der Waals surface area contributed by atoms with Crippen LogP contribution >= 0.6 is 0 Å². The third kappa shape index (κ3) is 3.45. The molecule has 1 fully saturated rings. The standard InChI is InChI=1S/C16H20N2/c1-14(2)7-6-12-18-11-4-3-9-16(18)15-8-5-10-17-13-15/h5,8,10,13,16H,1,3-4,9,11-12H2,2H3/t16-/m0/s1. The highest BCUT2D eigenvalue weighted by atomic mass is 15.2. The Hall–Kier alpha value is -1.59. The summed E-state index contributed by atoms with van der Waals surface area (Å²) in [5.74, 6) is 6.27. The summed E-state index contributed by atoms with van der Waals surface area (Å²) in [6, 6.07) is 4.66. The molecule has 0 aliphatic carbocycles. The lowest BCUT2D eigenvalue weighted by Gasteiger charge is -2.34. The molecule has 0 saturated carbocycles. The van der Waals surface area contributed by atoms with E-state index in [4.69, 9.17) is 0 Å². The molecular formula is C16H20N2. The van der Waals surface area contributed by atoms with Crippen LogP contribution in [0, 0.1) is 11.8 Å². The molecule has 0 unspecified atom stereocenters. The van der Waals surface area contributed by atoms with Crippen LogP contribution < -0.4 is 0 Å². The second kappa shape index (κ2) is 6.37. The first-order chi connectivity index (χ1) is 8.77. The Bertz CT molecular complexity index is 453. The van der Waals surface area contributed by atoms with Crippen LogP contribution in [0.15, 0.2) is 36.7 Å². The van der Waals surface area contributed by atoms with E-state index in [9.17, 15) is 0 Å². The summed E-state index contributed by atoms with van der Waals surface area (Å²) >= 11 is 0. The molecule has 1 aromatic heterocycles. The first-order valence-corrected chi connectivity index (χ1v) is 6.56. The topological polar surface area (TPSA) is 16.1 Å². The van der Waals surface area contributed by atoms with Crippen LogP contribution in [-0.4, -0.2) is 23.0 Å². The van der Waals surface area contributed by atoms with E-state index in [1.54, 1.807) is 0 Å². The van der Waals surface area contributed by atoms with Gasteiger partial charge >= 0.3 is 0 Å². The molecule has 94 valence electrons. The third-order valence-electron chi connectivity index (χ3n) is 3.27. The molecule has 1 aliphatic heterocycles. The maximum atomic E-state index is 4.23. The predicted octanol–water partition coefficient (Wildman–Crippen LogP) is 3.19. The van der Waals surface area contributed by atoms with Gasteiger partial charge in [-0.1, -0.05) is 30.9 Å². The highest BCUT2D eigenvalue weighted by molar-refractivity contribution is 5.24. The Morgan fingerprint density at radius 3 is 3.17 bits per heavy atom. The number of piperidine rings is 1. The van der Waals surface area contributed by atoms with Crippen LogP contribution in [0.3, 0.4) is 0 Å². The van der Waals surface area contributed by atoms with Crippen molar-refractivity contribution in [3.63, 3.8) is 0 Å². The van der Waals surface area contributed by atoms with Gasteiger partial charge in [0.2, 0.25) is 0 Å². The molecule has 1 saturated heterocycles. The van der Waals surface area contributed by atoms with Gasteiger partial charge in [0.15, 0.2) is 0 Å². The number of pyridine rings is 1. The van der Waals surface area contributed by atoms with Crippen LogP contribution in [0.4, 0.5) is 0 Å². The molecular weight excluding hydrogens is 220 g/mol. The maximum absolute atomic E-state index is 4.23. The van der Waals surface area contributed by atoms with Gasteiger partial charge in [-0.25, -0.2) is 0 Å². The summed E-state index contributed by atoms with van der Waals surface area (Å²) in [6.07, 6.45) is 7.59. The predicted molar refractivity (Wildman–Crippen MR) is 75.0 cm³/mol. The first kappa shape index (κ1) is 12.9. The van der Waals surface area contributed by atoms with Crippen LogP contribution in [0.5, 0.6) is 0 Å². The second-order valence-corrected chi connectivity index (χ2v) is 4.85. The summed E-state index contributed by atoms with van der Waals surface area (Å²) in [5.41, 5.74) is 2.25. The molecule has 2 heterocycles. The van der Waals surface area contributed by atoms with Gasteiger partial charge in [-0.3, -0.25) is 9.88 Å². The molecule has 0 spiro atoms. The molecule has 0 radical (unpaired) electrons. The van der Waals surface area contributed by atoms with Crippen LogP contribution in [-0.2, 0) is 0 Å². The molecule has 0 bridgehead atoms. The van der Waals surface area contributed by atoms with Crippen molar-refractivity contribution in [1.29, 1.82) is 0 Å². The van der Waals surface area contributed by atoms with Crippen molar-refractivity contribution in [2.45, 2.75) is 32.2 Å². The van der Waals surface area contributed by atoms with Crippen molar-refractivity contribution in [2.24, 2.45) is 0 Å². The van der Waals surface area contributed by atoms with E-state index >= 15 is 0 Å². The smallest absolute Gasteiger partial charge is 0.0610 e. The summed E-state index contributed by atoms with van der Waals surface area (Å²) in [7, 11) is 0. The van der Waals surface area contributed by atoms with Crippen LogP contribution in [0.2, 0.25) is 0 Å². The number of hydrogen-bond acceptors (Lipinski definition) is 2. The molecule has 2 nitrogen and oxygen atoms in total. The fourth-order valence-electron chi connectivity index (χ4n) is 2.42. The van der Waals surface area contributed by atoms with E-state index in [1.165, 1.54) is 24.8 Å². The third-order valence-corrected chi connectivity index (χ3v) is 3.27. The van der Waals surface area contributed by atoms with E-state index in [2.05, 4.69) is 34.4 Å². The van der Waals surface area contributed by atoms with Gasteiger partial charge in [0, 0.05) is 18.4 Å². The number of hydrogen-bond donors (Lipinski definition) is 0. The normalized spacial score (nSPS) is 19.9. The van der Waals surface area contributed by atoms with Gasteiger partial charge in [-0.15, -0.1) is 0 Å². The minimum absolute atomic E-state index is 0.479. The lowest BCUT2D eigenvalue weighted by Crippen LogP contribution is -2.33. The summed E-state index contributed by atoms with van der Waals surface area (Å²) in [4.78, 5) is 6.68. The highest BCUT2D eigenvalue weighted by Gasteiger charge is 2.22. The zero-order chi connectivity index (χ0) is 12.8. The number of nitrogens with zero attached hydrogens (tertiary/aromatic N) is 2. The van der Waals surface area contributed by atoms with Gasteiger partial charge in [0.25, 0.3) is 0 Å². The second-order valence-electron chi connectivity index (χ2n) is 4.85. The average Bonchev–Trinajstić information content (AvgIpc) is 2.40. The van der Waals surface area contributed by atoms with Gasteiger partial charge in [-0.2, -0.15) is 0 Å². The fraction of sp³-hybridized carbons (Fsp3) is 0.438. The minimum atomic E-state index is 0.479. The van der Waals surface area contributed by atoms with Crippen molar-refractivity contribution >= 4 is 0 Å². The van der Waals surface area contributed by atoms with Crippen molar-refractivity contribution in [3.05, 3.63) is 42.2 Å². The molecule has 18 heavy (non-hydrogen) atoms. The lowest BCUT2D eigenvalue weighted by molar-refractivity contribution is 0.169. The molecule has 2 heteroatoms. The number of allylic oxidation sites excluding steroid dienone is 1. The van der Waals surface area contributed by atoms with Crippen molar-refractivity contribution in [1.82, 2.24) is 9.88 Å². The molecule has 0 aromatic carbocycles. The van der Waals surface area contributed by atoms with Crippen LogP contribution in [0.25, 0.3) is 0 Å². The Morgan fingerprint density at radius 1 is 1.56 bits per heavy atom. The number of likely N-dealkylation sites (tertiary alicyclic amines) is 1. The zero-order valence-electron chi connectivity index (χ0n) is 11.0. The summed E-state index contributed by atoms with van der Waals surface area (Å²) in [6.45, 7) is 7.71. The summed E-state index contributed by atoms with van der Waals surface area (Å²) in [5, 5.41) is 0. The molecule has 0 amide bonds. The molecule has 1 aliphatic rings. The number of aromatic nitrogens is 1. The summed E-state index contributed by atoms with van der Waals surface area (Å²) < 4.78 is 0. The average molecular weight is 240 g/mol. The largest absolute Gasteiger partial charge is 0.285 e. The Balaban J connectivity index is 2.07. The van der Waals surface area contributed by atoms with E-state index in [0.29, 0.717) is 6.04 Å². The molecule has 1 atom stereocenters. The van der Waals surface area contributed by atoms with Gasteiger partial charge in [0.1, 0.15) is 0 Å². The van der Waals surface area contributed by atoms with Crippen molar-refractivity contribution in [3.8, 4) is 11.8 Å². The van der Waals surface area contributed by atoms with Gasteiger partial charge < -0.3 is 0 Å². The van der Waals surface area contributed by atoms with E-state index in [0.717, 1.165) is 18.7 Å². The SMILES string of the molecule is C=C(C)C#CCN1CCCC[C@H]1c1cccnc1. The molecule has 1 aromatic rings. The maximum Gasteiger partial charge on any atom is 0.0610 e. The highest BCUT2D eigenvalue weighted by Crippen LogP contribution is 2.29. The van der Waals surface area contributed by atoms with Gasteiger partial charge in [-0.05, 0) is 43.5 Å². The Labute approximate surface area is 110 Å². The fourth-order valence-corrected chi connectivity index (χ4v) is 2.42. The van der Waals surface area contributed by atoms with Crippen molar-refractivity contribution in [2.75, 3.05) is 13.1 Å². The number of rotatable bonds is 2. The minimum Gasteiger partial charge on any atom is -0.285 e.